The van der Waals surface area contributed by atoms with Gasteiger partial charge in [0.05, 0.1) is 5.70 Å². The predicted molar refractivity (Wildman–Crippen MR) is 40.0 cm³/mol. The summed E-state index contributed by atoms with van der Waals surface area (Å²) in [4.78, 5) is 14.0. The van der Waals surface area contributed by atoms with Gasteiger partial charge in [0, 0.05) is 6.54 Å². The fraction of sp³-hybridized carbons (Fsp3) is 0.200. The number of nitrogens with zero attached hydrogens (tertiary/aromatic N) is 1. The van der Waals surface area contributed by atoms with Crippen LogP contribution < -0.4 is 22.3 Å². The summed E-state index contributed by atoms with van der Waals surface area (Å²) in [6.07, 6.45) is 0.600. The van der Waals surface area contributed by atoms with E-state index in [1.807, 2.05) is 0 Å². The third-order valence-electron chi connectivity index (χ3n) is 1.21. The van der Waals surface area contributed by atoms with Crippen molar-refractivity contribution in [2.45, 2.75) is 0 Å². The van der Waals surface area contributed by atoms with Crippen LogP contribution in [0.15, 0.2) is 16.4 Å². The van der Waals surface area contributed by atoms with E-state index in [9.17, 15) is 4.79 Å². The van der Waals surface area contributed by atoms with Gasteiger partial charge in [0.1, 0.15) is 5.70 Å². The van der Waals surface area contributed by atoms with Crippen molar-refractivity contribution in [1.29, 1.82) is 0 Å². The van der Waals surface area contributed by atoms with E-state index >= 15 is 0 Å². The molecule has 6 nitrogen and oxygen atoms in total. The number of aliphatic imine (C=N–C) groups is 1. The van der Waals surface area contributed by atoms with Crippen molar-refractivity contribution in [2.24, 2.45) is 16.5 Å². The summed E-state index contributed by atoms with van der Waals surface area (Å²) in [7, 11) is 0. The Balaban J connectivity index is 2.92. The maximum absolute atomic E-state index is 10.3. The van der Waals surface area contributed by atoms with Crippen molar-refractivity contribution >= 4 is 12.2 Å². The van der Waals surface area contributed by atoms with Gasteiger partial charge in [-0.2, -0.15) is 0 Å². The molecule has 0 aromatic heterocycles. The Labute approximate surface area is 63.3 Å². The van der Waals surface area contributed by atoms with Crippen LogP contribution in [0.2, 0.25) is 0 Å². The molecule has 0 bridgehead atoms. The first kappa shape index (κ1) is 7.55. The van der Waals surface area contributed by atoms with Crippen molar-refractivity contribution in [1.82, 2.24) is 10.9 Å². The van der Waals surface area contributed by atoms with Crippen LogP contribution >= 0.6 is 0 Å². The lowest BCUT2D eigenvalue weighted by Gasteiger charge is -2.16. The quantitative estimate of drug-likeness (QED) is 0.338. The summed E-state index contributed by atoms with van der Waals surface area (Å²) >= 11 is 0. The number of hydrogen-bond acceptors (Lipinski definition) is 6. The lowest BCUT2D eigenvalue weighted by molar-refractivity contribution is -0.105. The van der Waals surface area contributed by atoms with Gasteiger partial charge >= 0.3 is 0 Å². The van der Waals surface area contributed by atoms with Gasteiger partial charge in [-0.15, -0.1) is 0 Å². The number of allylic oxidation sites excluding steroid dienone is 1. The van der Waals surface area contributed by atoms with Gasteiger partial charge in [-0.25, -0.2) is 4.99 Å². The van der Waals surface area contributed by atoms with Crippen LogP contribution in [0.1, 0.15) is 0 Å². The molecular formula is C5H9N5O. The lowest BCUT2D eigenvalue weighted by Crippen LogP contribution is -2.46. The average Bonchev–Trinajstić information content (AvgIpc) is 2.04. The maximum Gasteiger partial charge on any atom is 0.213 e. The van der Waals surface area contributed by atoms with Crippen LogP contribution in [0.25, 0.3) is 0 Å². The van der Waals surface area contributed by atoms with Crippen LogP contribution in [0.3, 0.4) is 0 Å². The first-order chi connectivity index (χ1) is 5.27. The van der Waals surface area contributed by atoms with E-state index in [1.165, 1.54) is 0 Å². The monoisotopic (exact) mass is 155 g/mol. The highest BCUT2D eigenvalue weighted by molar-refractivity contribution is 5.86. The van der Waals surface area contributed by atoms with E-state index in [-0.39, 0.29) is 18.2 Å². The molecular weight excluding hydrogens is 146 g/mol. The van der Waals surface area contributed by atoms with Gasteiger partial charge in [0.15, 0.2) is 6.29 Å². The van der Waals surface area contributed by atoms with Gasteiger partial charge < -0.3 is 11.5 Å². The van der Waals surface area contributed by atoms with Crippen molar-refractivity contribution in [3.63, 3.8) is 0 Å². The number of nitrogens with one attached hydrogen (secondary N) is 2. The van der Waals surface area contributed by atoms with Gasteiger partial charge in [-0.3, -0.25) is 15.6 Å². The van der Waals surface area contributed by atoms with Gasteiger partial charge in [0.25, 0.3) is 0 Å². The summed E-state index contributed by atoms with van der Waals surface area (Å²) in [5, 5.41) is 0. The van der Waals surface area contributed by atoms with Crippen molar-refractivity contribution in [2.75, 3.05) is 6.54 Å². The fourth-order valence-electron chi connectivity index (χ4n) is 0.682. The normalized spacial score (nSPS) is 16.6. The molecule has 11 heavy (non-hydrogen) atoms. The smallest absolute Gasteiger partial charge is 0.213 e. The number of carbonyl (C=O) groups excluding carboxylic acids is 1. The predicted octanol–water partition coefficient (Wildman–Crippen LogP) is -2.22. The van der Waals surface area contributed by atoms with E-state index < -0.39 is 0 Å². The Morgan fingerprint density at radius 2 is 2.27 bits per heavy atom. The van der Waals surface area contributed by atoms with Gasteiger partial charge in [0.2, 0.25) is 5.96 Å². The molecule has 0 unspecified atom stereocenters. The molecule has 0 saturated heterocycles. The van der Waals surface area contributed by atoms with E-state index in [1.54, 1.807) is 0 Å². The minimum atomic E-state index is 0.157. The highest BCUT2D eigenvalue weighted by atomic mass is 16.1. The Kier molecular flexibility index (Phi) is 2.07. The number of hydrazine groups is 1. The zero-order valence-corrected chi connectivity index (χ0v) is 5.79. The Hall–Kier alpha value is -1.56. The van der Waals surface area contributed by atoms with Crippen LogP contribution in [0.4, 0.5) is 0 Å². The van der Waals surface area contributed by atoms with Crippen molar-refractivity contribution in [3.05, 3.63) is 11.4 Å². The molecule has 0 spiro atoms. The molecule has 0 fully saturated rings. The highest BCUT2D eigenvalue weighted by Gasteiger charge is 2.08. The molecule has 1 rings (SSSR count). The number of guanidine groups is 1. The second kappa shape index (κ2) is 3.02. The second-order valence-corrected chi connectivity index (χ2v) is 1.93. The van der Waals surface area contributed by atoms with Crippen LogP contribution in [0, 0.1) is 0 Å². The molecule has 0 amide bonds. The molecule has 60 valence electrons. The Bertz CT molecular complexity index is 231. The van der Waals surface area contributed by atoms with E-state index in [0.717, 1.165) is 0 Å². The fourth-order valence-corrected chi connectivity index (χ4v) is 0.682. The Morgan fingerprint density at radius 1 is 1.55 bits per heavy atom. The highest BCUT2D eigenvalue weighted by Crippen LogP contribution is 2.00. The molecule has 0 saturated carbocycles. The third-order valence-corrected chi connectivity index (χ3v) is 1.21. The molecule has 6 heteroatoms. The first-order valence-electron chi connectivity index (χ1n) is 3.02. The van der Waals surface area contributed by atoms with E-state index in [0.29, 0.717) is 12.0 Å². The van der Waals surface area contributed by atoms with Gasteiger partial charge in [-0.05, 0) is 0 Å². The molecule has 0 aromatic rings. The van der Waals surface area contributed by atoms with Crippen molar-refractivity contribution in [3.8, 4) is 0 Å². The molecule has 0 aliphatic carbocycles. The summed E-state index contributed by atoms with van der Waals surface area (Å²) in [5.41, 5.74) is 16.5. The maximum atomic E-state index is 10.3. The van der Waals surface area contributed by atoms with Crippen LogP contribution in [0.5, 0.6) is 0 Å². The van der Waals surface area contributed by atoms with E-state index in [2.05, 4.69) is 15.8 Å². The summed E-state index contributed by atoms with van der Waals surface area (Å²) in [6.45, 7) is 0.220. The number of rotatable bonds is 2. The topological polar surface area (TPSA) is 106 Å². The van der Waals surface area contributed by atoms with Crippen molar-refractivity contribution < 1.29 is 4.79 Å². The minimum Gasteiger partial charge on any atom is -0.368 e. The summed E-state index contributed by atoms with van der Waals surface area (Å²) < 4.78 is 0. The molecule has 1 aliphatic heterocycles. The zero-order chi connectivity index (χ0) is 8.27. The molecule has 1 heterocycles. The number of carbonyl (C=O) groups is 1. The number of hydrogen-bond donors (Lipinski definition) is 4. The third kappa shape index (κ3) is 1.47. The largest absolute Gasteiger partial charge is 0.368 e. The second-order valence-electron chi connectivity index (χ2n) is 1.93. The molecule has 0 aromatic carbocycles. The SMILES string of the molecule is NCC1=C(C=O)N=C(N)NN1. The average molecular weight is 155 g/mol. The molecule has 0 radical (unpaired) electrons. The minimum absolute atomic E-state index is 0.157. The Morgan fingerprint density at radius 3 is 2.82 bits per heavy atom. The summed E-state index contributed by atoms with van der Waals surface area (Å²) in [6, 6.07) is 0. The first-order valence-corrected chi connectivity index (χ1v) is 3.02. The standard InChI is InChI=1S/C5H9N5O/c6-1-3-4(2-11)8-5(7)10-9-3/h2,9H,1,6H2,(H3,7,8,10). The van der Waals surface area contributed by atoms with E-state index in [4.69, 9.17) is 11.5 Å². The molecule has 6 N–H and O–H groups in total. The molecule has 0 atom stereocenters. The zero-order valence-electron chi connectivity index (χ0n) is 5.79. The van der Waals surface area contributed by atoms with Crippen LogP contribution in [-0.4, -0.2) is 18.8 Å². The molecule has 1 aliphatic rings. The number of aldehydes is 1. The van der Waals surface area contributed by atoms with Crippen LogP contribution in [-0.2, 0) is 4.79 Å². The summed E-state index contributed by atoms with van der Waals surface area (Å²) in [5.74, 6) is 0.157. The lowest BCUT2D eigenvalue weighted by atomic mass is 10.3. The van der Waals surface area contributed by atoms with Gasteiger partial charge in [-0.1, -0.05) is 0 Å². The number of nitrogens with two attached hydrogens (primary N) is 2.